The highest BCUT2D eigenvalue weighted by atomic mass is 16.5. The molecule has 0 radical (unpaired) electrons. The highest BCUT2D eigenvalue weighted by molar-refractivity contribution is 5.84. The molecule has 2 amide bonds. The van der Waals surface area contributed by atoms with E-state index in [0.29, 0.717) is 6.54 Å². The fourth-order valence-electron chi connectivity index (χ4n) is 3.92. The number of hydrogen-bond acceptors (Lipinski definition) is 6. The molecule has 0 aliphatic heterocycles. The van der Waals surface area contributed by atoms with Crippen LogP contribution in [0.15, 0.2) is 48.5 Å². The minimum Gasteiger partial charge on any atom is -0.480 e. The highest BCUT2D eigenvalue weighted by Gasteiger charge is 2.29. The predicted octanol–water partition coefficient (Wildman–Crippen LogP) is 2.06. The number of carbonyl (C=O) groups excluding carboxylic acids is 2. The van der Waals surface area contributed by atoms with E-state index in [9.17, 15) is 19.5 Å². The van der Waals surface area contributed by atoms with Crippen LogP contribution in [0.25, 0.3) is 11.1 Å². The molecule has 2 aromatic rings. The lowest BCUT2D eigenvalue weighted by Gasteiger charge is -2.17. The zero-order valence-electron chi connectivity index (χ0n) is 19.5. The Bertz CT molecular complexity index is 964. The Morgan fingerprint density at radius 2 is 1.65 bits per heavy atom. The van der Waals surface area contributed by atoms with Gasteiger partial charge in [-0.15, -0.1) is 0 Å². The molecule has 2 aromatic carbocycles. The van der Waals surface area contributed by atoms with E-state index in [4.69, 9.17) is 9.47 Å². The van der Waals surface area contributed by atoms with E-state index in [1.807, 2.05) is 43.3 Å². The van der Waals surface area contributed by atoms with E-state index in [1.54, 1.807) is 0 Å². The van der Waals surface area contributed by atoms with Crippen LogP contribution >= 0.6 is 0 Å². The van der Waals surface area contributed by atoms with E-state index in [1.165, 1.54) is 0 Å². The predicted molar refractivity (Wildman–Crippen MR) is 127 cm³/mol. The summed E-state index contributed by atoms with van der Waals surface area (Å²) in [5.41, 5.74) is 4.59. The van der Waals surface area contributed by atoms with Crippen molar-refractivity contribution >= 4 is 18.0 Å². The fraction of sp³-hybridized carbons (Fsp3) is 0.400. The second-order valence-electron chi connectivity index (χ2n) is 8.36. The van der Waals surface area contributed by atoms with Gasteiger partial charge in [0, 0.05) is 19.0 Å². The fourth-order valence-corrected chi connectivity index (χ4v) is 3.92. The number of alkyl carbamates (subject to hydrolysis) is 1. The standard InChI is InChI=1S/C25H31N3O6/c1-28(2)13-11-22(24(30)31)27-23(29)16-33-14-12-26-25(32)34-15-21-19-9-5-3-7-17(19)18-8-4-6-10-20(18)21/h3-10,21-22H,11-16H2,1-2H3,(H,26,32)(H,27,29)(H,30,31). The van der Waals surface area contributed by atoms with Gasteiger partial charge in [0.2, 0.25) is 5.91 Å². The molecule has 9 heteroatoms. The van der Waals surface area contributed by atoms with Gasteiger partial charge in [0.05, 0.1) is 6.61 Å². The number of hydrogen-bond donors (Lipinski definition) is 3. The van der Waals surface area contributed by atoms with Crippen LogP contribution in [0.5, 0.6) is 0 Å². The van der Waals surface area contributed by atoms with E-state index < -0.39 is 24.0 Å². The molecule has 1 atom stereocenters. The topological polar surface area (TPSA) is 117 Å². The van der Waals surface area contributed by atoms with Crippen molar-refractivity contribution in [1.82, 2.24) is 15.5 Å². The normalized spacial score (nSPS) is 13.1. The van der Waals surface area contributed by atoms with Crippen LogP contribution in [-0.4, -0.2) is 81.0 Å². The molecule has 1 aliphatic carbocycles. The quantitative estimate of drug-likeness (QED) is 0.407. The maximum Gasteiger partial charge on any atom is 0.407 e. The number of aliphatic carboxylic acids is 1. The minimum atomic E-state index is -1.09. The van der Waals surface area contributed by atoms with Gasteiger partial charge in [0.25, 0.3) is 0 Å². The van der Waals surface area contributed by atoms with Gasteiger partial charge in [-0.2, -0.15) is 0 Å². The van der Waals surface area contributed by atoms with E-state index in [-0.39, 0.29) is 38.7 Å². The Balaban J connectivity index is 1.36. The molecule has 0 fully saturated rings. The molecule has 0 saturated carbocycles. The van der Waals surface area contributed by atoms with Crippen LogP contribution in [0, 0.1) is 0 Å². The number of fused-ring (bicyclic) bond motifs is 3. The Kier molecular flexibility index (Phi) is 9.00. The first-order valence-corrected chi connectivity index (χ1v) is 11.2. The number of amides is 2. The largest absolute Gasteiger partial charge is 0.480 e. The average molecular weight is 470 g/mol. The summed E-state index contributed by atoms with van der Waals surface area (Å²) in [6, 6.07) is 15.2. The highest BCUT2D eigenvalue weighted by Crippen LogP contribution is 2.44. The first-order valence-electron chi connectivity index (χ1n) is 11.2. The third-order valence-corrected chi connectivity index (χ3v) is 5.59. The summed E-state index contributed by atoms with van der Waals surface area (Å²) >= 11 is 0. The van der Waals surface area contributed by atoms with Crippen LogP contribution < -0.4 is 10.6 Å². The molecule has 9 nitrogen and oxygen atoms in total. The number of benzene rings is 2. The second-order valence-corrected chi connectivity index (χ2v) is 8.36. The van der Waals surface area contributed by atoms with Crippen molar-refractivity contribution in [2.45, 2.75) is 18.4 Å². The molecule has 34 heavy (non-hydrogen) atoms. The Hall–Kier alpha value is -3.43. The average Bonchev–Trinajstić information content (AvgIpc) is 3.13. The lowest BCUT2D eigenvalue weighted by Crippen LogP contribution is -2.44. The van der Waals surface area contributed by atoms with Crippen LogP contribution in [-0.2, 0) is 19.1 Å². The van der Waals surface area contributed by atoms with E-state index >= 15 is 0 Å². The lowest BCUT2D eigenvalue weighted by atomic mass is 9.98. The van der Waals surface area contributed by atoms with Gasteiger partial charge in [0.15, 0.2) is 0 Å². The summed E-state index contributed by atoms with van der Waals surface area (Å²) in [5.74, 6) is -1.63. The van der Waals surface area contributed by atoms with Gasteiger partial charge in [-0.05, 0) is 42.8 Å². The SMILES string of the molecule is CN(C)CCC(NC(=O)COCCNC(=O)OCC1c2ccccc2-c2ccccc21)C(=O)O. The summed E-state index contributed by atoms with van der Waals surface area (Å²) in [7, 11) is 3.65. The van der Waals surface area contributed by atoms with Gasteiger partial charge in [-0.1, -0.05) is 48.5 Å². The Morgan fingerprint density at radius 3 is 2.24 bits per heavy atom. The molecule has 0 aromatic heterocycles. The molecule has 0 saturated heterocycles. The van der Waals surface area contributed by atoms with Crippen molar-refractivity contribution in [1.29, 1.82) is 0 Å². The number of nitrogens with one attached hydrogen (secondary N) is 2. The third-order valence-electron chi connectivity index (χ3n) is 5.59. The number of nitrogens with zero attached hydrogens (tertiary/aromatic N) is 1. The summed E-state index contributed by atoms with van der Waals surface area (Å²) < 4.78 is 10.7. The molecule has 1 aliphatic rings. The number of carboxylic acids is 1. The molecular weight excluding hydrogens is 438 g/mol. The summed E-state index contributed by atoms with van der Waals surface area (Å²) in [6.07, 6.45) is -0.276. The van der Waals surface area contributed by atoms with Crippen molar-refractivity contribution < 1.29 is 29.0 Å². The second kappa shape index (κ2) is 12.2. The van der Waals surface area contributed by atoms with Gasteiger partial charge in [-0.3, -0.25) is 4.79 Å². The lowest BCUT2D eigenvalue weighted by molar-refractivity contribution is -0.142. The van der Waals surface area contributed by atoms with Crippen molar-refractivity contribution in [2.24, 2.45) is 0 Å². The third kappa shape index (κ3) is 6.79. The molecular formula is C25H31N3O6. The molecule has 182 valence electrons. The molecule has 1 unspecified atom stereocenters. The van der Waals surface area contributed by atoms with E-state index in [0.717, 1.165) is 22.3 Å². The van der Waals surface area contributed by atoms with Gasteiger partial charge in [0.1, 0.15) is 19.3 Å². The zero-order chi connectivity index (χ0) is 24.5. The first-order chi connectivity index (χ1) is 16.4. The van der Waals surface area contributed by atoms with Gasteiger partial charge < -0.3 is 30.1 Å². The van der Waals surface area contributed by atoms with Gasteiger partial charge in [-0.25, -0.2) is 9.59 Å². The van der Waals surface area contributed by atoms with Crippen LogP contribution in [0.4, 0.5) is 4.79 Å². The molecule has 3 rings (SSSR count). The number of ether oxygens (including phenoxy) is 2. The molecule has 0 heterocycles. The summed E-state index contributed by atoms with van der Waals surface area (Å²) in [4.78, 5) is 37.2. The molecule has 3 N–H and O–H groups in total. The van der Waals surface area contributed by atoms with Gasteiger partial charge >= 0.3 is 12.1 Å². The summed E-state index contributed by atoms with van der Waals surface area (Å²) in [5, 5.41) is 14.2. The number of rotatable bonds is 12. The van der Waals surface area contributed by atoms with Crippen LogP contribution in [0.1, 0.15) is 23.5 Å². The maximum absolute atomic E-state index is 12.1. The van der Waals surface area contributed by atoms with Crippen molar-refractivity contribution in [2.75, 3.05) is 47.0 Å². The van der Waals surface area contributed by atoms with Crippen molar-refractivity contribution in [3.63, 3.8) is 0 Å². The zero-order valence-corrected chi connectivity index (χ0v) is 19.5. The van der Waals surface area contributed by atoms with Crippen LogP contribution in [0.2, 0.25) is 0 Å². The monoisotopic (exact) mass is 469 g/mol. The number of carbonyl (C=O) groups is 3. The van der Waals surface area contributed by atoms with Crippen molar-refractivity contribution in [3.05, 3.63) is 59.7 Å². The van der Waals surface area contributed by atoms with Crippen molar-refractivity contribution in [3.8, 4) is 11.1 Å². The van der Waals surface area contributed by atoms with Crippen LogP contribution in [0.3, 0.4) is 0 Å². The first kappa shape index (κ1) is 25.2. The minimum absolute atomic E-state index is 0.0206. The Labute approximate surface area is 199 Å². The smallest absolute Gasteiger partial charge is 0.407 e. The number of carboxylic acid groups (broad SMARTS) is 1. The van der Waals surface area contributed by atoms with E-state index in [2.05, 4.69) is 34.9 Å². The maximum atomic E-state index is 12.1. The molecule has 0 spiro atoms. The Morgan fingerprint density at radius 1 is 1.03 bits per heavy atom. The summed E-state index contributed by atoms with van der Waals surface area (Å²) in [6.45, 7) is 0.701. The molecule has 0 bridgehead atoms.